The third-order valence-corrected chi connectivity index (χ3v) is 4.99. The summed E-state index contributed by atoms with van der Waals surface area (Å²) >= 11 is 0. The van der Waals surface area contributed by atoms with Gasteiger partial charge in [-0.15, -0.1) is 0 Å². The first kappa shape index (κ1) is 13.9. The SMILES string of the molecule is CN(CC(C)(C)CN)S(=O)(=O)CCC1CC1. The summed E-state index contributed by atoms with van der Waals surface area (Å²) in [6.45, 7) is 4.96. The van der Waals surface area contributed by atoms with E-state index in [9.17, 15) is 8.42 Å². The summed E-state index contributed by atoms with van der Waals surface area (Å²) in [4.78, 5) is 0. The second kappa shape index (κ2) is 5.02. The fourth-order valence-electron chi connectivity index (χ4n) is 1.64. The minimum atomic E-state index is -3.08. The zero-order chi connectivity index (χ0) is 12.4. The van der Waals surface area contributed by atoms with Crippen LogP contribution in [0.4, 0.5) is 0 Å². The molecule has 2 N–H and O–H groups in total. The Hall–Kier alpha value is -0.130. The van der Waals surface area contributed by atoms with Gasteiger partial charge in [0.2, 0.25) is 10.0 Å². The molecule has 1 aliphatic rings. The van der Waals surface area contributed by atoms with Gasteiger partial charge in [-0.05, 0) is 24.3 Å². The molecule has 1 fully saturated rings. The van der Waals surface area contributed by atoms with Crippen LogP contribution < -0.4 is 5.73 Å². The molecule has 0 amide bonds. The summed E-state index contributed by atoms with van der Waals surface area (Å²) in [5, 5.41) is 0. The average molecular weight is 248 g/mol. The van der Waals surface area contributed by atoms with Crippen molar-refractivity contribution in [2.24, 2.45) is 17.1 Å². The minimum Gasteiger partial charge on any atom is -0.330 e. The quantitative estimate of drug-likeness (QED) is 0.732. The van der Waals surface area contributed by atoms with Crippen LogP contribution in [0.25, 0.3) is 0 Å². The Morgan fingerprint density at radius 3 is 2.38 bits per heavy atom. The van der Waals surface area contributed by atoms with Crippen molar-refractivity contribution in [1.82, 2.24) is 4.31 Å². The molecule has 0 aromatic rings. The molecule has 1 aliphatic carbocycles. The molecule has 1 rings (SSSR count). The summed E-state index contributed by atoms with van der Waals surface area (Å²) in [6, 6.07) is 0. The van der Waals surface area contributed by atoms with Crippen molar-refractivity contribution in [2.75, 3.05) is 25.9 Å². The zero-order valence-electron chi connectivity index (χ0n) is 10.6. The van der Waals surface area contributed by atoms with Gasteiger partial charge in [0.15, 0.2) is 0 Å². The van der Waals surface area contributed by atoms with Crippen molar-refractivity contribution in [3.63, 3.8) is 0 Å². The van der Waals surface area contributed by atoms with E-state index in [1.807, 2.05) is 13.8 Å². The Morgan fingerprint density at radius 2 is 1.94 bits per heavy atom. The fraction of sp³-hybridized carbons (Fsp3) is 1.00. The molecule has 0 spiro atoms. The lowest BCUT2D eigenvalue weighted by Crippen LogP contribution is -2.40. The van der Waals surface area contributed by atoms with Gasteiger partial charge in [-0.1, -0.05) is 26.7 Å². The van der Waals surface area contributed by atoms with Crippen molar-refractivity contribution < 1.29 is 8.42 Å². The van der Waals surface area contributed by atoms with E-state index >= 15 is 0 Å². The van der Waals surface area contributed by atoms with Gasteiger partial charge in [0.05, 0.1) is 5.75 Å². The zero-order valence-corrected chi connectivity index (χ0v) is 11.4. The maximum atomic E-state index is 11.9. The first-order chi connectivity index (χ1) is 7.27. The molecule has 0 aromatic carbocycles. The number of hydrogen-bond acceptors (Lipinski definition) is 3. The smallest absolute Gasteiger partial charge is 0.213 e. The molecule has 0 aliphatic heterocycles. The third kappa shape index (κ3) is 4.39. The van der Waals surface area contributed by atoms with E-state index < -0.39 is 10.0 Å². The van der Waals surface area contributed by atoms with Crippen LogP contribution in [0.5, 0.6) is 0 Å². The number of nitrogens with zero attached hydrogens (tertiary/aromatic N) is 1. The van der Waals surface area contributed by atoms with Crippen LogP contribution in [0.15, 0.2) is 0 Å². The maximum Gasteiger partial charge on any atom is 0.213 e. The molecule has 0 bridgehead atoms. The van der Waals surface area contributed by atoms with Gasteiger partial charge >= 0.3 is 0 Å². The minimum absolute atomic E-state index is 0.151. The van der Waals surface area contributed by atoms with Gasteiger partial charge < -0.3 is 5.73 Å². The fourth-order valence-corrected chi connectivity index (χ4v) is 3.13. The van der Waals surface area contributed by atoms with Crippen LogP contribution in [0.3, 0.4) is 0 Å². The van der Waals surface area contributed by atoms with Crippen molar-refractivity contribution in [2.45, 2.75) is 33.1 Å². The van der Waals surface area contributed by atoms with Gasteiger partial charge in [0, 0.05) is 13.6 Å². The molecule has 16 heavy (non-hydrogen) atoms. The van der Waals surface area contributed by atoms with E-state index in [1.165, 1.54) is 17.1 Å². The maximum absolute atomic E-state index is 11.9. The largest absolute Gasteiger partial charge is 0.330 e. The van der Waals surface area contributed by atoms with Gasteiger partial charge in [-0.2, -0.15) is 0 Å². The van der Waals surface area contributed by atoms with Crippen LogP contribution in [-0.4, -0.2) is 38.6 Å². The molecule has 5 heteroatoms. The summed E-state index contributed by atoms with van der Waals surface area (Å²) in [5.41, 5.74) is 5.46. The van der Waals surface area contributed by atoms with E-state index in [0.29, 0.717) is 19.0 Å². The highest BCUT2D eigenvalue weighted by Crippen LogP contribution is 2.33. The number of nitrogens with two attached hydrogens (primary N) is 1. The van der Waals surface area contributed by atoms with Gasteiger partial charge in [0.1, 0.15) is 0 Å². The molecule has 0 unspecified atom stereocenters. The second-order valence-corrected chi connectivity index (χ2v) is 7.87. The highest BCUT2D eigenvalue weighted by molar-refractivity contribution is 7.89. The summed E-state index contributed by atoms with van der Waals surface area (Å²) in [6.07, 6.45) is 3.22. The molecule has 0 saturated heterocycles. The Kier molecular flexibility index (Phi) is 4.37. The van der Waals surface area contributed by atoms with E-state index in [-0.39, 0.29) is 11.2 Å². The molecule has 0 aromatic heterocycles. The monoisotopic (exact) mass is 248 g/mol. The summed E-state index contributed by atoms with van der Waals surface area (Å²) < 4.78 is 25.3. The molecule has 0 atom stereocenters. The summed E-state index contributed by atoms with van der Waals surface area (Å²) in [5.74, 6) is 0.945. The average Bonchev–Trinajstić information content (AvgIpc) is 2.97. The number of rotatable bonds is 7. The number of hydrogen-bond donors (Lipinski definition) is 1. The topological polar surface area (TPSA) is 63.4 Å². The molecule has 0 heterocycles. The molecule has 96 valence electrons. The number of sulfonamides is 1. The predicted molar refractivity (Wildman–Crippen MR) is 66.6 cm³/mol. The van der Waals surface area contributed by atoms with Crippen LogP contribution in [0.2, 0.25) is 0 Å². The third-order valence-electron chi connectivity index (χ3n) is 3.16. The van der Waals surface area contributed by atoms with Gasteiger partial charge in [-0.3, -0.25) is 0 Å². The molecular weight excluding hydrogens is 224 g/mol. The van der Waals surface area contributed by atoms with Crippen molar-refractivity contribution in [3.05, 3.63) is 0 Å². The molecule has 1 saturated carbocycles. The van der Waals surface area contributed by atoms with Gasteiger partial charge in [0.25, 0.3) is 0 Å². The van der Waals surface area contributed by atoms with Crippen molar-refractivity contribution >= 4 is 10.0 Å². The predicted octanol–water partition coefficient (Wildman–Crippen LogP) is 1.03. The first-order valence-corrected chi connectivity index (χ1v) is 7.52. The lowest BCUT2D eigenvalue weighted by atomic mass is 9.94. The van der Waals surface area contributed by atoms with E-state index in [2.05, 4.69) is 0 Å². The first-order valence-electron chi connectivity index (χ1n) is 5.91. The Morgan fingerprint density at radius 1 is 1.38 bits per heavy atom. The summed E-state index contributed by atoms with van der Waals surface area (Å²) in [7, 11) is -1.43. The van der Waals surface area contributed by atoms with E-state index in [0.717, 1.165) is 6.42 Å². The van der Waals surface area contributed by atoms with Crippen LogP contribution in [0, 0.1) is 11.3 Å². The lowest BCUT2D eigenvalue weighted by molar-refractivity contribution is 0.291. The standard InChI is InChI=1S/C11H24N2O2S/c1-11(2,8-12)9-13(3)16(14,15)7-6-10-4-5-10/h10H,4-9,12H2,1-3H3. The normalized spacial score (nSPS) is 18.1. The van der Waals surface area contributed by atoms with Crippen molar-refractivity contribution in [1.29, 1.82) is 0 Å². The Labute approximate surface area is 99.2 Å². The van der Waals surface area contributed by atoms with Crippen LogP contribution >= 0.6 is 0 Å². The van der Waals surface area contributed by atoms with Crippen molar-refractivity contribution in [3.8, 4) is 0 Å². The van der Waals surface area contributed by atoms with Crippen LogP contribution in [0.1, 0.15) is 33.1 Å². The van der Waals surface area contributed by atoms with E-state index in [4.69, 9.17) is 5.73 Å². The Bertz CT molecular complexity index is 321. The molecule has 4 nitrogen and oxygen atoms in total. The Balaban J connectivity index is 2.46. The van der Waals surface area contributed by atoms with Gasteiger partial charge in [-0.25, -0.2) is 12.7 Å². The second-order valence-electron chi connectivity index (χ2n) is 5.67. The highest BCUT2D eigenvalue weighted by atomic mass is 32.2. The van der Waals surface area contributed by atoms with Crippen LogP contribution in [-0.2, 0) is 10.0 Å². The lowest BCUT2D eigenvalue weighted by Gasteiger charge is -2.28. The van der Waals surface area contributed by atoms with E-state index in [1.54, 1.807) is 7.05 Å². The molecular formula is C11H24N2O2S. The highest BCUT2D eigenvalue weighted by Gasteiger charge is 2.28. The molecule has 0 radical (unpaired) electrons.